The second-order valence-corrected chi connectivity index (χ2v) is 6.14. The van der Waals surface area contributed by atoms with E-state index in [0.717, 1.165) is 18.2 Å². The Morgan fingerprint density at radius 3 is 2.53 bits per heavy atom. The lowest BCUT2D eigenvalue weighted by Crippen LogP contribution is -2.28. The van der Waals surface area contributed by atoms with Crippen LogP contribution in [0.1, 0.15) is 31.9 Å². The summed E-state index contributed by atoms with van der Waals surface area (Å²) in [4.78, 5) is 0. The van der Waals surface area contributed by atoms with E-state index in [0.29, 0.717) is 6.04 Å². The third-order valence-electron chi connectivity index (χ3n) is 2.80. The average Bonchev–Trinajstić information content (AvgIpc) is 2.29. The molecule has 96 valence electrons. The molecule has 1 unspecified atom stereocenters. The Morgan fingerprint density at radius 2 is 1.88 bits per heavy atom. The summed E-state index contributed by atoms with van der Waals surface area (Å²) in [5.74, 6) is 3.11. The van der Waals surface area contributed by atoms with Crippen molar-refractivity contribution in [1.29, 1.82) is 0 Å². The van der Waals surface area contributed by atoms with Crippen LogP contribution in [0.25, 0.3) is 0 Å². The molecule has 1 nitrogen and oxygen atoms in total. The zero-order valence-corrected chi connectivity index (χ0v) is 12.3. The fraction of sp³-hybridized carbons (Fsp3) is 0.600. The lowest BCUT2D eigenvalue weighted by molar-refractivity contribution is 0.510. The number of hydrogen-bond donors (Lipinski definition) is 1. The highest BCUT2D eigenvalue weighted by atomic mass is 32.2. The van der Waals surface area contributed by atoms with E-state index >= 15 is 0 Å². The van der Waals surface area contributed by atoms with Gasteiger partial charge in [0.1, 0.15) is 0 Å². The smallest absolute Gasteiger partial charge is 0.0187 e. The first kappa shape index (κ1) is 14.6. The van der Waals surface area contributed by atoms with Crippen LogP contribution in [0.2, 0.25) is 0 Å². The van der Waals surface area contributed by atoms with E-state index in [1.807, 2.05) is 11.8 Å². The molecule has 1 rings (SSSR count). The second kappa shape index (κ2) is 7.78. The van der Waals surface area contributed by atoms with Crippen molar-refractivity contribution in [3.05, 3.63) is 35.4 Å². The molecule has 0 aliphatic carbocycles. The van der Waals surface area contributed by atoms with Gasteiger partial charge in [-0.2, -0.15) is 11.8 Å². The van der Waals surface area contributed by atoms with Crippen molar-refractivity contribution in [2.45, 2.75) is 39.5 Å². The van der Waals surface area contributed by atoms with Gasteiger partial charge in [-0.1, -0.05) is 45.0 Å². The SMILES string of the molecule is Cc1ccccc1CSCC(C)CNC(C)C. The van der Waals surface area contributed by atoms with E-state index in [1.54, 1.807) is 0 Å². The number of rotatable bonds is 7. The topological polar surface area (TPSA) is 12.0 Å². The maximum atomic E-state index is 3.49. The normalized spacial score (nSPS) is 13.0. The van der Waals surface area contributed by atoms with Gasteiger partial charge in [-0.05, 0) is 36.3 Å². The van der Waals surface area contributed by atoms with Crippen LogP contribution in [-0.4, -0.2) is 18.3 Å². The van der Waals surface area contributed by atoms with Crippen LogP contribution >= 0.6 is 11.8 Å². The van der Waals surface area contributed by atoms with Crippen LogP contribution in [0.4, 0.5) is 0 Å². The lowest BCUT2D eigenvalue weighted by atomic mass is 10.1. The fourth-order valence-electron chi connectivity index (χ4n) is 1.64. The van der Waals surface area contributed by atoms with Crippen molar-refractivity contribution < 1.29 is 0 Å². The molecule has 0 spiro atoms. The minimum atomic E-state index is 0.596. The number of hydrogen-bond acceptors (Lipinski definition) is 2. The molecule has 0 aliphatic heterocycles. The monoisotopic (exact) mass is 251 g/mol. The third-order valence-corrected chi connectivity index (χ3v) is 4.12. The minimum Gasteiger partial charge on any atom is -0.314 e. The molecule has 0 heterocycles. The summed E-state index contributed by atoms with van der Waals surface area (Å²) in [5, 5.41) is 3.49. The van der Waals surface area contributed by atoms with Crippen molar-refractivity contribution in [2.75, 3.05) is 12.3 Å². The van der Waals surface area contributed by atoms with Gasteiger partial charge in [-0.25, -0.2) is 0 Å². The molecule has 0 radical (unpaired) electrons. The average molecular weight is 251 g/mol. The van der Waals surface area contributed by atoms with Gasteiger partial charge in [0.2, 0.25) is 0 Å². The van der Waals surface area contributed by atoms with Gasteiger partial charge in [-0.15, -0.1) is 0 Å². The van der Waals surface area contributed by atoms with Gasteiger partial charge in [0.05, 0.1) is 0 Å². The molecule has 0 amide bonds. The highest BCUT2D eigenvalue weighted by molar-refractivity contribution is 7.98. The third kappa shape index (κ3) is 6.13. The molecular weight excluding hydrogens is 226 g/mol. The summed E-state index contributed by atoms with van der Waals surface area (Å²) in [6.45, 7) is 10.0. The Kier molecular flexibility index (Phi) is 6.68. The Labute approximate surface area is 110 Å². The number of aryl methyl sites for hydroxylation is 1. The first-order valence-electron chi connectivity index (χ1n) is 6.45. The van der Waals surface area contributed by atoms with Crippen LogP contribution in [0.3, 0.4) is 0 Å². The summed E-state index contributed by atoms with van der Waals surface area (Å²) < 4.78 is 0. The Hall–Kier alpha value is -0.470. The van der Waals surface area contributed by atoms with Gasteiger partial charge >= 0.3 is 0 Å². The van der Waals surface area contributed by atoms with E-state index in [1.165, 1.54) is 16.9 Å². The quantitative estimate of drug-likeness (QED) is 0.789. The first-order chi connectivity index (χ1) is 8.09. The zero-order valence-electron chi connectivity index (χ0n) is 11.5. The molecule has 0 saturated carbocycles. The summed E-state index contributed by atoms with van der Waals surface area (Å²) >= 11 is 2.04. The molecule has 1 aromatic carbocycles. The van der Waals surface area contributed by atoms with Gasteiger partial charge in [0.25, 0.3) is 0 Å². The van der Waals surface area contributed by atoms with E-state index < -0.39 is 0 Å². The van der Waals surface area contributed by atoms with Crippen LogP contribution in [-0.2, 0) is 5.75 Å². The summed E-state index contributed by atoms with van der Waals surface area (Å²) in [6.07, 6.45) is 0. The van der Waals surface area contributed by atoms with Crippen LogP contribution in [0.5, 0.6) is 0 Å². The predicted octanol–water partition coefficient (Wildman–Crippen LogP) is 3.86. The lowest BCUT2D eigenvalue weighted by Gasteiger charge is -2.14. The van der Waals surface area contributed by atoms with Crippen molar-refractivity contribution in [3.8, 4) is 0 Å². The van der Waals surface area contributed by atoms with Crippen LogP contribution in [0, 0.1) is 12.8 Å². The van der Waals surface area contributed by atoms with E-state index in [2.05, 4.69) is 57.3 Å². The van der Waals surface area contributed by atoms with Crippen molar-refractivity contribution in [3.63, 3.8) is 0 Å². The molecule has 0 aliphatic rings. The van der Waals surface area contributed by atoms with Gasteiger partial charge in [0, 0.05) is 11.8 Å². The van der Waals surface area contributed by atoms with E-state index in [-0.39, 0.29) is 0 Å². The summed E-state index contributed by atoms with van der Waals surface area (Å²) in [6, 6.07) is 9.27. The molecule has 17 heavy (non-hydrogen) atoms. The Morgan fingerprint density at radius 1 is 1.18 bits per heavy atom. The highest BCUT2D eigenvalue weighted by Gasteiger charge is 2.04. The molecule has 0 aromatic heterocycles. The molecule has 0 saturated heterocycles. The predicted molar refractivity (Wildman–Crippen MR) is 79.6 cm³/mol. The zero-order chi connectivity index (χ0) is 12.7. The molecule has 1 N–H and O–H groups in total. The van der Waals surface area contributed by atoms with E-state index in [4.69, 9.17) is 0 Å². The van der Waals surface area contributed by atoms with E-state index in [9.17, 15) is 0 Å². The first-order valence-corrected chi connectivity index (χ1v) is 7.60. The van der Waals surface area contributed by atoms with Crippen molar-refractivity contribution in [1.82, 2.24) is 5.32 Å². The van der Waals surface area contributed by atoms with Crippen LogP contribution in [0.15, 0.2) is 24.3 Å². The van der Waals surface area contributed by atoms with Crippen molar-refractivity contribution in [2.24, 2.45) is 5.92 Å². The molecule has 2 heteroatoms. The molecule has 1 aromatic rings. The van der Waals surface area contributed by atoms with Crippen LogP contribution < -0.4 is 5.32 Å². The van der Waals surface area contributed by atoms with Crippen molar-refractivity contribution >= 4 is 11.8 Å². The van der Waals surface area contributed by atoms with Gasteiger partial charge in [0.15, 0.2) is 0 Å². The highest BCUT2D eigenvalue weighted by Crippen LogP contribution is 2.17. The number of thioether (sulfide) groups is 1. The van der Waals surface area contributed by atoms with Gasteiger partial charge < -0.3 is 5.32 Å². The Balaban J connectivity index is 2.21. The minimum absolute atomic E-state index is 0.596. The maximum Gasteiger partial charge on any atom is 0.0187 e. The standard InChI is InChI=1S/C15H25NS/c1-12(2)16-9-13(3)10-17-11-15-8-6-5-7-14(15)4/h5-8,12-13,16H,9-11H2,1-4H3. The summed E-state index contributed by atoms with van der Waals surface area (Å²) in [5.41, 5.74) is 2.88. The number of nitrogens with one attached hydrogen (secondary N) is 1. The molecule has 0 bridgehead atoms. The van der Waals surface area contributed by atoms with Gasteiger partial charge in [-0.3, -0.25) is 0 Å². The maximum absolute atomic E-state index is 3.49. The fourth-order valence-corrected chi connectivity index (χ4v) is 2.82. The molecule has 0 fully saturated rings. The molecular formula is C15H25NS. The summed E-state index contributed by atoms with van der Waals surface area (Å²) in [7, 11) is 0. The largest absolute Gasteiger partial charge is 0.314 e. The molecule has 1 atom stereocenters. The Bertz CT molecular complexity index is 322. The number of benzene rings is 1. The second-order valence-electron chi connectivity index (χ2n) is 5.11.